The Morgan fingerprint density at radius 3 is 2.71 bits per heavy atom. The van der Waals surface area contributed by atoms with E-state index >= 15 is 0 Å². The van der Waals surface area contributed by atoms with Crippen LogP contribution in [0, 0.1) is 5.92 Å². The molecule has 0 saturated carbocycles. The second-order valence-corrected chi connectivity index (χ2v) is 4.04. The van der Waals surface area contributed by atoms with Crippen LogP contribution < -0.4 is 10.6 Å². The molecule has 1 atom stereocenters. The quantitative estimate of drug-likeness (QED) is 0.605. The molecule has 1 aliphatic heterocycles. The molecule has 1 heterocycles. The van der Waals surface area contributed by atoms with Crippen LogP contribution in [0.15, 0.2) is 0 Å². The topological polar surface area (TPSA) is 98.7 Å². The minimum Gasteiger partial charge on any atom is -0.481 e. The van der Waals surface area contributed by atoms with Gasteiger partial charge in [0, 0.05) is 13.6 Å². The van der Waals surface area contributed by atoms with Crippen molar-refractivity contribution in [3.63, 3.8) is 0 Å². The van der Waals surface area contributed by atoms with Crippen LogP contribution in [-0.4, -0.2) is 54.6 Å². The van der Waals surface area contributed by atoms with E-state index in [2.05, 4.69) is 10.6 Å². The highest BCUT2D eigenvalue weighted by atomic mass is 16.4. The molecule has 0 bridgehead atoms. The number of hydrogen-bond acceptors (Lipinski definition) is 4. The summed E-state index contributed by atoms with van der Waals surface area (Å²) < 4.78 is 0. The summed E-state index contributed by atoms with van der Waals surface area (Å²) >= 11 is 0. The lowest BCUT2D eigenvalue weighted by Crippen LogP contribution is -2.47. The van der Waals surface area contributed by atoms with E-state index < -0.39 is 23.8 Å². The lowest BCUT2D eigenvalue weighted by Gasteiger charge is -2.29. The molecule has 0 aliphatic carbocycles. The predicted octanol–water partition coefficient (Wildman–Crippen LogP) is -0.761. The van der Waals surface area contributed by atoms with Gasteiger partial charge in [0.2, 0.25) is 5.91 Å². The standard InChI is InChI=1S/C10H17N3O4/c1-11-10(17)12-8(14)6-13-4-2-3-7(5-13)9(15)16/h7H,2-6H2,1H3,(H,15,16)(H2,11,12,14,17). The van der Waals surface area contributed by atoms with Gasteiger partial charge >= 0.3 is 12.0 Å². The SMILES string of the molecule is CNC(=O)NC(=O)CN1CCCC(C(=O)O)C1. The molecule has 0 aromatic rings. The van der Waals surface area contributed by atoms with E-state index in [-0.39, 0.29) is 6.54 Å². The number of urea groups is 1. The number of amides is 3. The Morgan fingerprint density at radius 2 is 2.12 bits per heavy atom. The van der Waals surface area contributed by atoms with Gasteiger partial charge in [-0.25, -0.2) is 4.79 Å². The Labute approximate surface area is 99.2 Å². The molecule has 7 heteroatoms. The summed E-state index contributed by atoms with van der Waals surface area (Å²) in [7, 11) is 1.42. The Morgan fingerprint density at radius 1 is 1.41 bits per heavy atom. The van der Waals surface area contributed by atoms with Gasteiger partial charge in [-0.05, 0) is 19.4 Å². The largest absolute Gasteiger partial charge is 0.481 e. The molecule has 0 aromatic heterocycles. The molecule has 0 aromatic carbocycles. The minimum absolute atomic E-state index is 0.0528. The summed E-state index contributed by atoms with van der Waals surface area (Å²) in [4.78, 5) is 34.8. The first-order chi connectivity index (χ1) is 8.02. The van der Waals surface area contributed by atoms with Crippen molar-refractivity contribution in [1.29, 1.82) is 0 Å². The average Bonchev–Trinajstić information content (AvgIpc) is 2.28. The molecule has 96 valence electrons. The molecular formula is C10H17N3O4. The molecule has 1 aliphatic rings. The van der Waals surface area contributed by atoms with Crippen LogP contribution in [0.3, 0.4) is 0 Å². The lowest BCUT2D eigenvalue weighted by molar-refractivity contribution is -0.144. The Hall–Kier alpha value is -1.63. The van der Waals surface area contributed by atoms with Gasteiger partial charge in [-0.2, -0.15) is 0 Å². The van der Waals surface area contributed by atoms with Gasteiger partial charge in [0.05, 0.1) is 12.5 Å². The number of likely N-dealkylation sites (tertiary alicyclic amines) is 1. The third-order valence-corrected chi connectivity index (χ3v) is 2.70. The molecule has 0 spiro atoms. The Kier molecular flexibility index (Phi) is 4.89. The molecule has 3 amide bonds. The van der Waals surface area contributed by atoms with E-state index in [9.17, 15) is 14.4 Å². The summed E-state index contributed by atoms with van der Waals surface area (Å²) in [5, 5.41) is 13.3. The number of rotatable bonds is 3. The maximum Gasteiger partial charge on any atom is 0.321 e. The lowest BCUT2D eigenvalue weighted by atomic mass is 9.98. The molecule has 3 N–H and O–H groups in total. The first kappa shape index (κ1) is 13.4. The maximum absolute atomic E-state index is 11.4. The van der Waals surface area contributed by atoms with Crippen LogP contribution in [0.25, 0.3) is 0 Å². The Bertz CT molecular complexity index is 319. The molecule has 17 heavy (non-hydrogen) atoms. The number of carboxylic acid groups (broad SMARTS) is 1. The minimum atomic E-state index is -0.832. The van der Waals surface area contributed by atoms with Crippen molar-refractivity contribution in [2.75, 3.05) is 26.7 Å². The second kappa shape index (κ2) is 6.19. The summed E-state index contributed by atoms with van der Waals surface area (Å²) in [6, 6.07) is -0.554. The maximum atomic E-state index is 11.4. The average molecular weight is 243 g/mol. The normalized spacial score (nSPS) is 20.6. The van der Waals surface area contributed by atoms with Crippen molar-refractivity contribution in [2.45, 2.75) is 12.8 Å². The van der Waals surface area contributed by atoms with E-state index in [4.69, 9.17) is 5.11 Å². The highest BCUT2D eigenvalue weighted by Gasteiger charge is 2.26. The summed E-state index contributed by atoms with van der Waals surface area (Å²) in [5.41, 5.74) is 0. The summed E-state index contributed by atoms with van der Waals surface area (Å²) in [6.07, 6.45) is 1.40. The van der Waals surface area contributed by atoms with Gasteiger partial charge in [-0.15, -0.1) is 0 Å². The number of hydrogen-bond donors (Lipinski definition) is 3. The third-order valence-electron chi connectivity index (χ3n) is 2.70. The monoisotopic (exact) mass is 243 g/mol. The van der Waals surface area contributed by atoms with E-state index in [1.54, 1.807) is 4.90 Å². The van der Waals surface area contributed by atoms with Crippen LogP contribution in [-0.2, 0) is 9.59 Å². The predicted molar refractivity (Wildman–Crippen MR) is 59.4 cm³/mol. The number of nitrogens with zero attached hydrogens (tertiary/aromatic N) is 1. The molecular weight excluding hydrogens is 226 g/mol. The fourth-order valence-electron chi connectivity index (χ4n) is 1.83. The second-order valence-electron chi connectivity index (χ2n) is 4.04. The Balaban J connectivity index is 2.38. The fraction of sp³-hybridized carbons (Fsp3) is 0.700. The molecule has 1 fully saturated rings. The van der Waals surface area contributed by atoms with Gasteiger partial charge in [0.1, 0.15) is 0 Å². The molecule has 1 rings (SSSR count). The number of piperidine rings is 1. The van der Waals surface area contributed by atoms with Crippen molar-refractivity contribution in [2.24, 2.45) is 5.92 Å². The van der Waals surface area contributed by atoms with Crippen LogP contribution in [0.1, 0.15) is 12.8 Å². The van der Waals surface area contributed by atoms with Crippen LogP contribution in [0.2, 0.25) is 0 Å². The highest BCUT2D eigenvalue weighted by molar-refractivity contribution is 5.95. The van der Waals surface area contributed by atoms with Gasteiger partial charge in [-0.3, -0.25) is 19.8 Å². The fourth-order valence-corrected chi connectivity index (χ4v) is 1.83. The molecule has 1 saturated heterocycles. The van der Waals surface area contributed by atoms with E-state index in [1.807, 2.05) is 0 Å². The molecule has 7 nitrogen and oxygen atoms in total. The van der Waals surface area contributed by atoms with Crippen molar-refractivity contribution >= 4 is 17.9 Å². The zero-order valence-electron chi connectivity index (χ0n) is 9.73. The first-order valence-electron chi connectivity index (χ1n) is 5.49. The van der Waals surface area contributed by atoms with Gasteiger partial charge < -0.3 is 10.4 Å². The molecule has 0 radical (unpaired) electrons. The number of carbonyl (C=O) groups excluding carboxylic acids is 2. The summed E-state index contributed by atoms with van der Waals surface area (Å²) in [6.45, 7) is 1.10. The van der Waals surface area contributed by atoms with E-state index in [1.165, 1.54) is 7.05 Å². The number of nitrogens with one attached hydrogen (secondary N) is 2. The number of imide groups is 1. The smallest absolute Gasteiger partial charge is 0.321 e. The zero-order chi connectivity index (χ0) is 12.8. The van der Waals surface area contributed by atoms with Crippen molar-refractivity contribution in [3.05, 3.63) is 0 Å². The summed E-state index contributed by atoms with van der Waals surface area (Å²) in [5.74, 6) is -1.67. The van der Waals surface area contributed by atoms with Crippen molar-refractivity contribution < 1.29 is 19.5 Å². The molecule has 1 unspecified atom stereocenters. The highest BCUT2D eigenvalue weighted by Crippen LogP contribution is 2.15. The van der Waals surface area contributed by atoms with Gasteiger partial charge in [-0.1, -0.05) is 0 Å². The van der Waals surface area contributed by atoms with Crippen LogP contribution in [0.4, 0.5) is 4.79 Å². The van der Waals surface area contributed by atoms with Gasteiger partial charge in [0.15, 0.2) is 0 Å². The van der Waals surface area contributed by atoms with Crippen LogP contribution >= 0.6 is 0 Å². The third kappa shape index (κ3) is 4.39. The number of carbonyl (C=O) groups is 3. The van der Waals surface area contributed by atoms with Gasteiger partial charge in [0.25, 0.3) is 0 Å². The number of aliphatic carboxylic acids is 1. The van der Waals surface area contributed by atoms with Crippen LogP contribution in [0.5, 0.6) is 0 Å². The van der Waals surface area contributed by atoms with E-state index in [0.29, 0.717) is 19.5 Å². The first-order valence-corrected chi connectivity index (χ1v) is 5.49. The van der Waals surface area contributed by atoms with Crippen molar-refractivity contribution in [1.82, 2.24) is 15.5 Å². The zero-order valence-corrected chi connectivity index (χ0v) is 9.73. The number of carboxylic acids is 1. The van der Waals surface area contributed by atoms with E-state index in [0.717, 1.165) is 6.42 Å². The van der Waals surface area contributed by atoms with Crippen molar-refractivity contribution in [3.8, 4) is 0 Å².